The molecule has 0 heterocycles. The Hall–Kier alpha value is -0.0151. The fraction of sp³-hybridized carbons (Fsp3) is 1.00. The van der Waals surface area contributed by atoms with E-state index in [4.69, 9.17) is 10.0 Å². The van der Waals surface area contributed by atoms with E-state index in [1.807, 2.05) is 0 Å². The Balaban J connectivity index is 2.55. The summed E-state index contributed by atoms with van der Waals surface area (Å²) in [5, 5.41) is 18.1. The Morgan fingerprint density at radius 3 is 1.82 bits per heavy atom. The summed E-state index contributed by atoms with van der Waals surface area (Å²) >= 11 is 0. The summed E-state index contributed by atoms with van der Waals surface area (Å²) in [5.74, 6) is 1.04. The van der Waals surface area contributed by atoms with Gasteiger partial charge in [0, 0.05) is 0 Å². The third-order valence-electron chi connectivity index (χ3n) is 2.98. The second kappa shape index (κ2) is 3.59. The fourth-order valence-electron chi connectivity index (χ4n) is 2.30. The lowest BCUT2D eigenvalue weighted by atomic mass is 9.56. The van der Waals surface area contributed by atoms with Gasteiger partial charge in [-0.3, -0.25) is 0 Å². The van der Waals surface area contributed by atoms with Crippen LogP contribution in [0, 0.1) is 11.8 Å². The fourth-order valence-corrected chi connectivity index (χ4v) is 2.30. The van der Waals surface area contributed by atoms with Crippen molar-refractivity contribution in [3.63, 3.8) is 0 Å². The van der Waals surface area contributed by atoms with Crippen molar-refractivity contribution >= 4 is 7.12 Å². The van der Waals surface area contributed by atoms with Crippen molar-refractivity contribution in [2.75, 3.05) is 0 Å². The average Bonchev–Trinajstić information content (AvgIpc) is 1.85. The zero-order chi connectivity index (χ0) is 8.43. The number of hydrogen-bond donors (Lipinski definition) is 2. The molecule has 0 amide bonds. The SMILES string of the molecule is CC1CCCC(C)C1B(O)O. The summed E-state index contributed by atoms with van der Waals surface area (Å²) in [5.41, 5.74) is 0. The van der Waals surface area contributed by atoms with Crippen LogP contribution in [0.25, 0.3) is 0 Å². The molecular formula is C8H17BO2. The molecule has 2 unspecified atom stereocenters. The molecule has 0 saturated heterocycles. The minimum Gasteiger partial charge on any atom is -0.427 e. The summed E-state index contributed by atoms with van der Waals surface area (Å²) in [6.45, 7) is 4.22. The van der Waals surface area contributed by atoms with Gasteiger partial charge >= 0.3 is 7.12 Å². The highest BCUT2D eigenvalue weighted by molar-refractivity contribution is 6.43. The average molecular weight is 156 g/mol. The van der Waals surface area contributed by atoms with E-state index in [-0.39, 0.29) is 5.82 Å². The number of rotatable bonds is 1. The van der Waals surface area contributed by atoms with Gasteiger partial charge in [-0.1, -0.05) is 33.1 Å². The molecule has 0 aromatic rings. The topological polar surface area (TPSA) is 40.5 Å². The van der Waals surface area contributed by atoms with E-state index in [0.717, 1.165) is 12.8 Å². The van der Waals surface area contributed by atoms with Crippen LogP contribution in [0.15, 0.2) is 0 Å². The van der Waals surface area contributed by atoms with Crippen LogP contribution in [0.3, 0.4) is 0 Å². The standard InChI is InChI=1S/C8H17BO2/c1-6-4-3-5-7(2)8(6)9(10)11/h6-8,10-11H,3-5H2,1-2H3. The molecule has 1 rings (SSSR count). The third-order valence-corrected chi connectivity index (χ3v) is 2.98. The van der Waals surface area contributed by atoms with Crippen LogP contribution in [0.4, 0.5) is 0 Å². The van der Waals surface area contributed by atoms with Crippen LogP contribution < -0.4 is 0 Å². The molecule has 1 fully saturated rings. The van der Waals surface area contributed by atoms with Gasteiger partial charge in [-0.05, 0) is 17.7 Å². The van der Waals surface area contributed by atoms with Crippen molar-refractivity contribution in [2.24, 2.45) is 11.8 Å². The summed E-state index contributed by atoms with van der Waals surface area (Å²) in [7, 11) is -1.11. The van der Waals surface area contributed by atoms with Crippen molar-refractivity contribution < 1.29 is 10.0 Å². The molecule has 11 heavy (non-hydrogen) atoms. The second-order valence-electron chi connectivity index (χ2n) is 3.88. The molecule has 2 nitrogen and oxygen atoms in total. The lowest BCUT2D eigenvalue weighted by molar-refractivity contribution is 0.246. The van der Waals surface area contributed by atoms with E-state index in [1.54, 1.807) is 0 Å². The van der Waals surface area contributed by atoms with E-state index < -0.39 is 7.12 Å². The van der Waals surface area contributed by atoms with Gasteiger partial charge in [-0.2, -0.15) is 0 Å². The summed E-state index contributed by atoms with van der Waals surface area (Å²) in [6, 6.07) is 0. The van der Waals surface area contributed by atoms with E-state index in [0.29, 0.717) is 11.8 Å². The Morgan fingerprint density at radius 1 is 1.09 bits per heavy atom. The smallest absolute Gasteiger partial charge is 0.427 e. The minimum absolute atomic E-state index is 0.101. The highest BCUT2D eigenvalue weighted by atomic mass is 16.4. The zero-order valence-electron chi connectivity index (χ0n) is 7.33. The second-order valence-corrected chi connectivity index (χ2v) is 3.88. The monoisotopic (exact) mass is 156 g/mol. The van der Waals surface area contributed by atoms with Crippen LogP contribution in [0.1, 0.15) is 33.1 Å². The Labute approximate surface area is 68.8 Å². The molecule has 0 aromatic carbocycles. The van der Waals surface area contributed by atoms with E-state index in [2.05, 4.69) is 13.8 Å². The molecule has 64 valence electrons. The maximum absolute atomic E-state index is 9.07. The van der Waals surface area contributed by atoms with E-state index >= 15 is 0 Å². The molecular weight excluding hydrogens is 139 g/mol. The van der Waals surface area contributed by atoms with Crippen molar-refractivity contribution in [3.05, 3.63) is 0 Å². The van der Waals surface area contributed by atoms with Gasteiger partial charge in [0.05, 0.1) is 0 Å². The Kier molecular flexibility index (Phi) is 2.96. The maximum Gasteiger partial charge on any atom is 0.455 e. The molecule has 1 aliphatic rings. The number of hydrogen-bond acceptors (Lipinski definition) is 2. The van der Waals surface area contributed by atoms with Gasteiger partial charge in [-0.15, -0.1) is 0 Å². The van der Waals surface area contributed by atoms with Crippen LogP contribution in [-0.2, 0) is 0 Å². The van der Waals surface area contributed by atoms with Crippen molar-refractivity contribution in [1.82, 2.24) is 0 Å². The molecule has 0 bridgehead atoms. The molecule has 0 aromatic heterocycles. The summed E-state index contributed by atoms with van der Waals surface area (Å²) in [4.78, 5) is 0. The first kappa shape index (κ1) is 9.08. The molecule has 2 atom stereocenters. The Bertz CT molecular complexity index is 117. The first-order valence-electron chi connectivity index (χ1n) is 4.49. The van der Waals surface area contributed by atoms with Gasteiger partial charge in [-0.25, -0.2) is 0 Å². The van der Waals surface area contributed by atoms with Gasteiger partial charge in [0.15, 0.2) is 0 Å². The van der Waals surface area contributed by atoms with Crippen molar-refractivity contribution in [3.8, 4) is 0 Å². The lowest BCUT2D eigenvalue weighted by Crippen LogP contribution is -2.33. The largest absolute Gasteiger partial charge is 0.455 e. The predicted octanol–water partition coefficient (Wildman–Crippen LogP) is 1.29. The predicted molar refractivity (Wildman–Crippen MR) is 46.1 cm³/mol. The van der Waals surface area contributed by atoms with Gasteiger partial charge in [0.25, 0.3) is 0 Å². The van der Waals surface area contributed by atoms with Crippen LogP contribution in [-0.4, -0.2) is 17.2 Å². The van der Waals surface area contributed by atoms with Gasteiger partial charge < -0.3 is 10.0 Å². The van der Waals surface area contributed by atoms with Crippen LogP contribution in [0.2, 0.25) is 5.82 Å². The van der Waals surface area contributed by atoms with E-state index in [1.165, 1.54) is 6.42 Å². The lowest BCUT2D eigenvalue weighted by Gasteiger charge is -2.33. The Morgan fingerprint density at radius 2 is 1.55 bits per heavy atom. The molecule has 3 heteroatoms. The zero-order valence-corrected chi connectivity index (χ0v) is 7.33. The minimum atomic E-state index is -1.11. The van der Waals surface area contributed by atoms with E-state index in [9.17, 15) is 0 Å². The van der Waals surface area contributed by atoms with Crippen LogP contribution in [0.5, 0.6) is 0 Å². The summed E-state index contributed by atoms with van der Waals surface area (Å²) in [6.07, 6.45) is 3.53. The van der Waals surface area contributed by atoms with Gasteiger partial charge in [0.1, 0.15) is 0 Å². The third kappa shape index (κ3) is 1.97. The van der Waals surface area contributed by atoms with Gasteiger partial charge in [0.2, 0.25) is 0 Å². The molecule has 0 radical (unpaired) electrons. The normalized spacial score (nSPS) is 38.7. The molecule has 0 spiro atoms. The van der Waals surface area contributed by atoms with Crippen molar-refractivity contribution in [2.45, 2.75) is 38.9 Å². The molecule has 1 aliphatic carbocycles. The highest BCUT2D eigenvalue weighted by Gasteiger charge is 2.35. The summed E-state index contributed by atoms with van der Waals surface area (Å²) < 4.78 is 0. The maximum atomic E-state index is 9.07. The first-order chi connectivity index (χ1) is 5.13. The highest BCUT2D eigenvalue weighted by Crippen LogP contribution is 2.39. The van der Waals surface area contributed by atoms with Crippen molar-refractivity contribution in [1.29, 1.82) is 0 Å². The quantitative estimate of drug-likeness (QED) is 0.561. The molecule has 1 saturated carbocycles. The molecule has 0 aliphatic heterocycles. The molecule has 2 N–H and O–H groups in total. The van der Waals surface area contributed by atoms with Crippen LogP contribution >= 0.6 is 0 Å². The first-order valence-corrected chi connectivity index (χ1v) is 4.49.